The number of nitrogens with zero attached hydrogens (tertiary/aromatic N) is 2. The number of imidazole rings is 1. The third-order valence-corrected chi connectivity index (χ3v) is 3.11. The molecular formula is C15H13FN4O. The van der Waals surface area contributed by atoms with Crippen molar-refractivity contribution in [2.75, 3.05) is 0 Å². The number of amides is 1. The Balaban J connectivity index is 1.73. The standard InChI is InChI=1S/C15H13FN4O/c1-9-6-10(16)7-17-14(9)15(21)18-8-13-19-11-4-2-3-5-12(11)20-13/h2-7H,8H2,1H3,(H,18,21)(H,19,20). The van der Waals surface area contributed by atoms with E-state index in [1.165, 1.54) is 6.07 Å². The van der Waals surface area contributed by atoms with Crippen molar-refractivity contribution in [2.24, 2.45) is 0 Å². The van der Waals surface area contributed by atoms with Crippen molar-refractivity contribution in [3.05, 3.63) is 59.4 Å². The zero-order chi connectivity index (χ0) is 14.8. The molecule has 0 radical (unpaired) electrons. The van der Waals surface area contributed by atoms with E-state index in [9.17, 15) is 9.18 Å². The van der Waals surface area contributed by atoms with Crippen LogP contribution >= 0.6 is 0 Å². The van der Waals surface area contributed by atoms with E-state index in [1.807, 2.05) is 24.3 Å². The minimum absolute atomic E-state index is 0.215. The molecule has 0 bridgehead atoms. The van der Waals surface area contributed by atoms with Crippen LogP contribution in [-0.2, 0) is 6.54 Å². The van der Waals surface area contributed by atoms with Gasteiger partial charge in [0.25, 0.3) is 5.91 Å². The summed E-state index contributed by atoms with van der Waals surface area (Å²) < 4.78 is 13.0. The maximum atomic E-state index is 13.0. The van der Waals surface area contributed by atoms with Crippen LogP contribution in [0.2, 0.25) is 0 Å². The highest BCUT2D eigenvalue weighted by atomic mass is 19.1. The normalized spacial score (nSPS) is 10.8. The maximum absolute atomic E-state index is 13.0. The summed E-state index contributed by atoms with van der Waals surface area (Å²) in [5.74, 6) is -0.154. The van der Waals surface area contributed by atoms with Gasteiger partial charge in [-0.2, -0.15) is 0 Å². The molecular weight excluding hydrogens is 271 g/mol. The van der Waals surface area contributed by atoms with Crippen LogP contribution in [0.1, 0.15) is 21.9 Å². The van der Waals surface area contributed by atoms with Crippen molar-refractivity contribution in [2.45, 2.75) is 13.5 Å². The van der Waals surface area contributed by atoms with Crippen molar-refractivity contribution in [1.82, 2.24) is 20.3 Å². The predicted octanol–water partition coefficient (Wildman–Crippen LogP) is 2.34. The molecule has 2 aromatic heterocycles. The molecule has 1 aromatic carbocycles. The minimum Gasteiger partial charge on any atom is -0.343 e. The molecule has 0 aliphatic heterocycles. The summed E-state index contributed by atoms with van der Waals surface area (Å²) in [5.41, 5.74) is 2.47. The van der Waals surface area contributed by atoms with E-state index < -0.39 is 5.82 Å². The number of aromatic nitrogens is 3. The fourth-order valence-electron chi connectivity index (χ4n) is 2.12. The average molecular weight is 284 g/mol. The Morgan fingerprint density at radius 2 is 2.19 bits per heavy atom. The van der Waals surface area contributed by atoms with Gasteiger partial charge >= 0.3 is 0 Å². The second-order valence-electron chi connectivity index (χ2n) is 4.70. The van der Waals surface area contributed by atoms with Crippen molar-refractivity contribution in [3.63, 3.8) is 0 Å². The molecule has 0 aliphatic rings. The summed E-state index contributed by atoms with van der Waals surface area (Å²) in [5, 5.41) is 2.72. The third-order valence-electron chi connectivity index (χ3n) is 3.11. The number of nitrogens with one attached hydrogen (secondary N) is 2. The number of rotatable bonds is 3. The molecule has 3 rings (SSSR count). The van der Waals surface area contributed by atoms with Crippen LogP contribution in [0.25, 0.3) is 11.0 Å². The van der Waals surface area contributed by atoms with Crippen molar-refractivity contribution in [3.8, 4) is 0 Å². The maximum Gasteiger partial charge on any atom is 0.270 e. The van der Waals surface area contributed by atoms with E-state index in [0.717, 1.165) is 17.2 Å². The van der Waals surface area contributed by atoms with Crippen molar-refractivity contribution in [1.29, 1.82) is 0 Å². The van der Waals surface area contributed by atoms with Gasteiger partial charge in [0.1, 0.15) is 17.3 Å². The number of halogens is 1. The van der Waals surface area contributed by atoms with E-state index in [-0.39, 0.29) is 18.1 Å². The molecule has 21 heavy (non-hydrogen) atoms. The van der Waals surface area contributed by atoms with Gasteiger partial charge in [0.15, 0.2) is 0 Å². The summed E-state index contributed by atoms with van der Waals surface area (Å²) in [6.07, 6.45) is 1.03. The largest absolute Gasteiger partial charge is 0.343 e. The lowest BCUT2D eigenvalue weighted by atomic mass is 10.2. The molecule has 3 aromatic rings. The lowest BCUT2D eigenvalue weighted by Crippen LogP contribution is -2.25. The quantitative estimate of drug-likeness (QED) is 0.775. The number of aromatic amines is 1. The van der Waals surface area contributed by atoms with Gasteiger partial charge in [-0.25, -0.2) is 14.4 Å². The topological polar surface area (TPSA) is 70.7 Å². The molecule has 1 amide bonds. The van der Waals surface area contributed by atoms with Crippen LogP contribution in [0.3, 0.4) is 0 Å². The average Bonchev–Trinajstić information content (AvgIpc) is 2.87. The first-order valence-corrected chi connectivity index (χ1v) is 6.47. The fraction of sp³-hybridized carbons (Fsp3) is 0.133. The Morgan fingerprint density at radius 1 is 1.38 bits per heavy atom. The third kappa shape index (κ3) is 2.74. The van der Waals surface area contributed by atoms with Crippen LogP contribution in [0, 0.1) is 12.7 Å². The Labute approximate surface area is 120 Å². The number of hydrogen-bond donors (Lipinski definition) is 2. The highest BCUT2D eigenvalue weighted by Crippen LogP contribution is 2.10. The Hall–Kier alpha value is -2.76. The lowest BCUT2D eigenvalue weighted by molar-refractivity contribution is 0.0944. The van der Waals surface area contributed by atoms with Crippen LogP contribution in [0.4, 0.5) is 4.39 Å². The fourth-order valence-corrected chi connectivity index (χ4v) is 2.12. The SMILES string of the molecule is Cc1cc(F)cnc1C(=O)NCc1nc2ccccc2[nH]1. The number of carbonyl (C=O) groups is 1. The van der Waals surface area contributed by atoms with Crippen molar-refractivity contribution >= 4 is 16.9 Å². The number of fused-ring (bicyclic) bond motifs is 1. The molecule has 0 atom stereocenters. The number of pyridine rings is 1. The van der Waals surface area contributed by atoms with E-state index in [2.05, 4.69) is 20.3 Å². The Morgan fingerprint density at radius 3 is 2.95 bits per heavy atom. The summed E-state index contributed by atoms with van der Waals surface area (Å²) in [4.78, 5) is 23.3. The number of H-pyrrole nitrogens is 1. The van der Waals surface area contributed by atoms with E-state index in [4.69, 9.17) is 0 Å². The molecule has 0 unspecified atom stereocenters. The predicted molar refractivity (Wildman–Crippen MR) is 76.2 cm³/mol. The van der Waals surface area contributed by atoms with Crippen LogP contribution in [0.15, 0.2) is 36.5 Å². The van der Waals surface area contributed by atoms with E-state index >= 15 is 0 Å². The highest BCUT2D eigenvalue weighted by molar-refractivity contribution is 5.93. The number of carbonyl (C=O) groups excluding carboxylic acids is 1. The summed E-state index contributed by atoms with van der Waals surface area (Å²) in [6.45, 7) is 1.90. The smallest absolute Gasteiger partial charge is 0.270 e. The number of hydrogen-bond acceptors (Lipinski definition) is 3. The zero-order valence-electron chi connectivity index (χ0n) is 11.4. The molecule has 2 N–H and O–H groups in total. The monoisotopic (exact) mass is 284 g/mol. The first-order chi connectivity index (χ1) is 10.1. The Kier molecular flexibility index (Phi) is 3.35. The van der Waals surface area contributed by atoms with Gasteiger partial charge in [-0.1, -0.05) is 12.1 Å². The van der Waals surface area contributed by atoms with Crippen LogP contribution in [-0.4, -0.2) is 20.9 Å². The lowest BCUT2D eigenvalue weighted by Gasteiger charge is -2.05. The molecule has 0 saturated heterocycles. The van der Waals surface area contributed by atoms with Gasteiger partial charge in [0.05, 0.1) is 23.8 Å². The second-order valence-corrected chi connectivity index (χ2v) is 4.70. The molecule has 0 spiro atoms. The van der Waals surface area contributed by atoms with Gasteiger partial charge < -0.3 is 10.3 Å². The summed E-state index contributed by atoms with van der Waals surface area (Å²) in [6, 6.07) is 8.90. The summed E-state index contributed by atoms with van der Waals surface area (Å²) in [7, 11) is 0. The first-order valence-electron chi connectivity index (χ1n) is 6.47. The first kappa shape index (κ1) is 13.2. The van der Waals surface area contributed by atoms with Gasteiger partial charge in [-0.05, 0) is 30.7 Å². The number of aryl methyl sites for hydroxylation is 1. The number of benzene rings is 1. The van der Waals surface area contributed by atoms with Gasteiger partial charge in [0, 0.05) is 0 Å². The molecule has 106 valence electrons. The molecule has 0 aliphatic carbocycles. The Bertz CT molecular complexity index is 779. The molecule has 0 fully saturated rings. The molecule has 2 heterocycles. The highest BCUT2D eigenvalue weighted by Gasteiger charge is 2.12. The van der Waals surface area contributed by atoms with Crippen molar-refractivity contribution < 1.29 is 9.18 Å². The minimum atomic E-state index is -0.457. The van der Waals surface area contributed by atoms with Gasteiger partial charge in [-0.15, -0.1) is 0 Å². The van der Waals surface area contributed by atoms with Gasteiger partial charge in [0.2, 0.25) is 0 Å². The number of para-hydroxylation sites is 2. The zero-order valence-corrected chi connectivity index (χ0v) is 11.4. The molecule has 5 nitrogen and oxygen atoms in total. The van der Waals surface area contributed by atoms with Gasteiger partial charge in [-0.3, -0.25) is 4.79 Å². The summed E-state index contributed by atoms with van der Waals surface area (Å²) >= 11 is 0. The van der Waals surface area contributed by atoms with E-state index in [0.29, 0.717) is 11.4 Å². The van der Waals surface area contributed by atoms with Crippen LogP contribution in [0.5, 0.6) is 0 Å². The van der Waals surface area contributed by atoms with E-state index in [1.54, 1.807) is 6.92 Å². The van der Waals surface area contributed by atoms with Crippen LogP contribution < -0.4 is 5.32 Å². The molecule has 0 saturated carbocycles. The second kappa shape index (κ2) is 5.32. The molecule has 6 heteroatoms.